The number of H-pyrrole nitrogens is 1. The summed E-state index contributed by atoms with van der Waals surface area (Å²) in [6, 6.07) is 9.81. The quantitative estimate of drug-likeness (QED) is 0.552. The Labute approximate surface area is 136 Å². The molecule has 0 aliphatic rings. The van der Waals surface area contributed by atoms with Crippen LogP contribution in [-0.4, -0.2) is 27.1 Å². The molecule has 2 heterocycles. The van der Waals surface area contributed by atoms with E-state index in [2.05, 4.69) is 15.3 Å². The Morgan fingerprint density at radius 2 is 2.00 bits per heavy atom. The second-order valence-electron chi connectivity index (χ2n) is 5.08. The number of nitrogens with two attached hydrogens (primary N) is 1. The van der Waals surface area contributed by atoms with Crippen molar-refractivity contribution < 1.29 is 14.7 Å². The molecule has 1 aromatic carbocycles. The zero-order valence-electron chi connectivity index (χ0n) is 12.5. The van der Waals surface area contributed by atoms with Gasteiger partial charge >= 0.3 is 12.0 Å². The summed E-state index contributed by atoms with van der Waals surface area (Å²) in [5.74, 6) is -1.03. The number of primary amides is 1. The molecule has 0 saturated carbocycles. The maximum absolute atomic E-state index is 11.6. The summed E-state index contributed by atoms with van der Waals surface area (Å²) in [7, 11) is 0. The molecule has 0 atom stereocenters. The molecule has 0 unspecified atom stereocenters. The molecule has 7 heteroatoms. The average Bonchev–Trinajstić information content (AvgIpc) is 2.95. The van der Waals surface area contributed by atoms with Crippen LogP contribution >= 0.6 is 0 Å². The molecule has 2 aromatic heterocycles. The van der Waals surface area contributed by atoms with E-state index in [1.54, 1.807) is 42.6 Å². The maximum Gasteiger partial charge on any atom is 0.336 e. The molecular weight excluding hydrogens is 308 g/mol. The van der Waals surface area contributed by atoms with Crippen LogP contribution in [0.4, 0.5) is 10.5 Å². The largest absolute Gasteiger partial charge is 0.478 e. The molecule has 0 radical (unpaired) electrons. The zero-order chi connectivity index (χ0) is 17.1. The Bertz CT molecular complexity index is 945. The van der Waals surface area contributed by atoms with Crippen molar-refractivity contribution in [2.45, 2.75) is 0 Å². The van der Waals surface area contributed by atoms with Crippen molar-refractivity contribution in [1.82, 2.24) is 9.97 Å². The van der Waals surface area contributed by atoms with Gasteiger partial charge in [-0.2, -0.15) is 0 Å². The first kappa shape index (κ1) is 15.3. The number of hydrogen-bond donors (Lipinski definition) is 4. The van der Waals surface area contributed by atoms with Crippen LogP contribution in [0.5, 0.6) is 0 Å². The lowest BCUT2D eigenvalue weighted by molar-refractivity contribution is -0.130. The fourth-order valence-electron chi connectivity index (χ4n) is 2.40. The van der Waals surface area contributed by atoms with Gasteiger partial charge in [-0.1, -0.05) is 30.3 Å². The Kier molecular flexibility index (Phi) is 3.98. The number of aliphatic carboxylic acids is 1. The Morgan fingerprint density at radius 1 is 1.25 bits per heavy atom. The highest BCUT2D eigenvalue weighted by Crippen LogP contribution is 2.25. The number of fused-ring (bicyclic) bond motifs is 1. The number of rotatable bonds is 4. The van der Waals surface area contributed by atoms with Gasteiger partial charge in [0.2, 0.25) is 0 Å². The Morgan fingerprint density at radius 3 is 2.67 bits per heavy atom. The van der Waals surface area contributed by atoms with Crippen LogP contribution in [0.15, 0.2) is 48.8 Å². The van der Waals surface area contributed by atoms with Crippen LogP contribution in [0.3, 0.4) is 0 Å². The smallest absolute Gasteiger partial charge is 0.336 e. The molecule has 120 valence electrons. The van der Waals surface area contributed by atoms with Crippen molar-refractivity contribution in [3.8, 4) is 0 Å². The molecule has 0 aliphatic heterocycles. The van der Waals surface area contributed by atoms with Crippen LogP contribution in [0.1, 0.15) is 11.1 Å². The SMILES string of the molecule is NC(=O)Nc1cnc2[nH]cc(/C=C(/C(=O)O)c3ccccc3)c2c1. The van der Waals surface area contributed by atoms with Gasteiger partial charge in [-0.15, -0.1) is 0 Å². The monoisotopic (exact) mass is 322 g/mol. The normalized spacial score (nSPS) is 11.4. The molecule has 0 spiro atoms. The second kappa shape index (κ2) is 6.25. The highest BCUT2D eigenvalue weighted by Gasteiger charge is 2.12. The minimum absolute atomic E-state index is 0.157. The number of carbonyl (C=O) groups is 2. The number of amides is 2. The highest BCUT2D eigenvalue weighted by atomic mass is 16.4. The van der Waals surface area contributed by atoms with Crippen molar-refractivity contribution in [1.29, 1.82) is 0 Å². The van der Waals surface area contributed by atoms with E-state index < -0.39 is 12.0 Å². The first-order valence-electron chi connectivity index (χ1n) is 7.08. The van der Waals surface area contributed by atoms with Crippen LogP contribution in [0.2, 0.25) is 0 Å². The predicted molar refractivity (Wildman–Crippen MR) is 91.2 cm³/mol. The number of nitrogens with one attached hydrogen (secondary N) is 2. The van der Waals surface area contributed by atoms with Crippen molar-refractivity contribution >= 4 is 40.4 Å². The number of aromatic amines is 1. The van der Waals surface area contributed by atoms with Crippen LogP contribution in [0.25, 0.3) is 22.7 Å². The molecule has 7 nitrogen and oxygen atoms in total. The minimum atomic E-state index is -1.03. The van der Waals surface area contributed by atoms with Gasteiger partial charge in [0.15, 0.2) is 0 Å². The number of benzene rings is 1. The van der Waals surface area contributed by atoms with Crippen molar-refractivity contribution in [2.75, 3.05) is 5.32 Å². The van der Waals surface area contributed by atoms with Crippen LogP contribution < -0.4 is 11.1 Å². The summed E-state index contributed by atoms with van der Waals surface area (Å²) in [5.41, 5.74) is 7.51. The standard InChI is InChI=1S/C17H14N4O3/c18-17(24)21-12-7-13-11(8-19-15(13)20-9-12)6-14(16(22)23)10-4-2-1-3-5-10/h1-9H,(H,19,20)(H,22,23)(H3,18,21,24)/b14-6+. The number of carboxylic acid groups (broad SMARTS) is 1. The van der Waals surface area contributed by atoms with Gasteiger partial charge in [-0.25, -0.2) is 14.6 Å². The van der Waals surface area contributed by atoms with E-state index in [9.17, 15) is 14.7 Å². The molecule has 3 aromatic rings. The topological polar surface area (TPSA) is 121 Å². The van der Waals surface area contributed by atoms with Crippen molar-refractivity contribution in [3.63, 3.8) is 0 Å². The molecule has 0 aliphatic carbocycles. The van der Waals surface area contributed by atoms with E-state index in [0.29, 0.717) is 27.8 Å². The summed E-state index contributed by atoms with van der Waals surface area (Å²) < 4.78 is 0. The van der Waals surface area contributed by atoms with Gasteiger partial charge in [-0.05, 0) is 17.7 Å². The fourth-order valence-corrected chi connectivity index (χ4v) is 2.40. The fraction of sp³-hybridized carbons (Fsp3) is 0. The number of carbonyl (C=O) groups excluding carboxylic acids is 1. The zero-order valence-corrected chi connectivity index (χ0v) is 12.5. The molecule has 3 rings (SSSR count). The Hall–Kier alpha value is -3.61. The number of pyridine rings is 1. The predicted octanol–water partition coefficient (Wildman–Crippen LogP) is 2.68. The third kappa shape index (κ3) is 3.09. The maximum atomic E-state index is 11.6. The summed E-state index contributed by atoms with van der Waals surface area (Å²) in [6.45, 7) is 0. The number of aromatic nitrogens is 2. The summed E-state index contributed by atoms with van der Waals surface area (Å²) in [5, 5.41) is 12.6. The number of urea groups is 1. The second-order valence-corrected chi connectivity index (χ2v) is 5.08. The van der Waals surface area contributed by atoms with Gasteiger partial charge < -0.3 is 21.1 Å². The lowest BCUT2D eigenvalue weighted by Crippen LogP contribution is -2.19. The molecule has 0 fully saturated rings. The van der Waals surface area contributed by atoms with E-state index >= 15 is 0 Å². The number of anilines is 1. The molecule has 0 bridgehead atoms. The molecular formula is C17H14N4O3. The first-order valence-corrected chi connectivity index (χ1v) is 7.08. The van der Waals surface area contributed by atoms with Gasteiger partial charge in [-0.3, -0.25) is 0 Å². The number of hydrogen-bond acceptors (Lipinski definition) is 3. The van der Waals surface area contributed by atoms with E-state index in [-0.39, 0.29) is 5.57 Å². The summed E-state index contributed by atoms with van der Waals surface area (Å²) in [6.07, 6.45) is 4.69. The van der Waals surface area contributed by atoms with Gasteiger partial charge in [0.1, 0.15) is 5.65 Å². The van der Waals surface area contributed by atoms with E-state index in [1.807, 2.05) is 6.07 Å². The molecule has 24 heavy (non-hydrogen) atoms. The van der Waals surface area contributed by atoms with E-state index in [4.69, 9.17) is 5.73 Å². The van der Waals surface area contributed by atoms with Gasteiger partial charge in [0.05, 0.1) is 17.5 Å². The molecule has 5 N–H and O–H groups in total. The van der Waals surface area contributed by atoms with Crippen LogP contribution in [-0.2, 0) is 4.79 Å². The number of nitrogens with zero attached hydrogens (tertiary/aromatic N) is 1. The highest BCUT2D eigenvalue weighted by molar-refractivity contribution is 6.21. The number of carboxylic acids is 1. The van der Waals surface area contributed by atoms with Crippen LogP contribution in [0, 0.1) is 0 Å². The first-order chi connectivity index (χ1) is 11.5. The third-order valence-corrected chi connectivity index (χ3v) is 3.45. The lowest BCUT2D eigenvalue weighted by atomic mass is 10.0. The van der Waals surface area contributed by atoms with Crippen molar-refractivity contribution in [2.24, 2.45) is 5.73 Å². The summed E-state index contributed by atoms with van der Waals surface area (Å²) in [4.78, 5) is 29.7. The lowest BCUT2D eigenvalue weighted by Gasteiger charge is -2.03. The Balaban J connectivity index is 2.10. The van der Waals surface area contributed by atoms with Gasteiger partial charge in [0.25, 0.3) is 0 Å². The third-order valence-electron chi connectivity index (χ3n) is 3.45. The molecule has 2 amide bonds. The van der Waals surface area contributed by atoms with E-state index in [0.717, 1.165) is 0 Å². The minimum Gasteiger partial charge on any atom is -0.478 e. The van der Waals surface area contributed by atoms with E-state index in [1.165, 1.54) is 6.20 Å². The van der Waals surface area contributed by atoms with Gasteiger partial charge in [0, 0.05) is 17.1 Å². The summed E-state index contributed by atoms with van der Waals surface area (Å²) >= 11 is 0. The molecule has 0 saturated heterocycles. The average molecular weight is 322 g/mol. The van der Waals surface area contributed by atoms with Crippen molar-refractivity contribution in [3.05, 3.63) is 59.9 Å².